The first-order chi connectivity index (χ1) is 8.17. The average Bonchev–Trinajstić information content (AvgIpc) is 2.34. The van der Waals surface area contributed by atoms with E-state index in [9.17, 15) is 0 Å². The monoisotopic (exact) mass is 256 g/mol. The zero-order valence-corrected chi connectivity index (χ0v) is 11.3. The van der Waals surface area contributed by atoms with Crippen molar-refractivity contribution in [3.8, 4) is 5.75 Å². The highest BCUT2D eigenvalue weighted by molar-refractivity contribution is 6.32. The average molecular weight is 257 g/mol. The summed E-state index contributed by atoms with van der Waals surface area (Å²) in [5, 5.41) is 4.03. The summed E-state index contributed by atoms with van der Waals surface area (Å²) in [6.07, 6.45) is 1.10. The lowest BCUT2D eigenvalue weighted by atomic mass is 10.1. The summed E-state index contributed by atoms with van der Waals surface area (Å²) >= 11 is 6.05. The van der Waals surface area contributed by atoms with Gasteiger partial charge in [0.15, 0.2) is 0 Å². The Balaban J connectivity index is 2.34. The van der Waals surface area contributed by atoms with Gasteiger partial charge in [-0.3, -0.25) is 0 Å². The van der Waals surface area contributed by atoms with E-state index < -0.39 is 0 Å². The third-order valence-electron chi connectivity index (χ3n) is 2.76. The minimum Gasteiger partial charge on any atom is -0.495 e. The van der Waals surface area contributed by atoms with Crippen LogP contribution in [0.1, 0.15) is 18.9 Å². The Bertz CT molecular complexity index is 344. The molecular weight excluding hydrogens is 236 g/mol. The molecule has 4 heteroatoms. The number of nitrogens with one attached hydrogen (secondary N) is 1. The molecule has 1 atom stereocenters. The lowest BCUT2D eigenvalue weighted by Gasteiger charge is -2.10. The van der Waals surface area contributed by atoms with Gasteiger partial charge < -0.3 is 15.8 Å². The highest BCUT2D eigenvalue weighted by Crippen LogP contribution is 2.24. The molecule has 1 rings (SSSR count). The van der Waals surface area contributed by atoms with E-state index in [2.05, 4.69) is 12.2 Å². The molecule has 0 saturated heterocycles. The molecule has 0 amide bonds. The fraction of sp³-hybridized carbons (Fsp3) is 0.538. The molecule has 0 spiro atoms. The fourth-order valence-electron chi connectivity index (χ4n) is 1.52. The lowest BCUT2D eigenvalue weighted by Crippen LogP contribution is -2.20. The Morgan fingerprint density at radius 2 is 2.24 bits per heavy atom. The molecule has 0 heterocycles. The van der Waals surface area contributed by atoms with Gasteiger partial charge in [0.1, 0.15) is 5.75 Å². The lowest BCUT2D eigenvalue weighted by molar-refractivity contribution is 0.415. The first-order valence-corrected chi connectivity index (χ1v) is 6.28. The SMILES string of the molecule is COc1ccc(CNCCC(C)CN)cc1Cl. The van der Waals surface area contributed by atoms with Crippen LogP contribution < -0.4 is 15.8 Å². The molecule has 0 aliphatic heterocycles. The zero-order valence-electron chi connectivity index (χ0n) is 10.5. The van der Waals surface area contributed by atoms with E-state index in [0.717, 1.165) is 31.6 Å². The van der Waals surface area contributed by atoms with Crippen LogP contribution in [0.25, 0.3) is 0 Å². The number of halogens is 1. The number of nitrogens with two attached hydrogens (primary N) is 1. The van der Waals surface area contributed by atoms with Crippen LogP contribution in [-0.2, 0) is 6.54 Å². The molecule has 17 heavy (non-hydrogen) atoms. The summed E-state index contributed by atoms with van der Waals surface area (Å²) in [6.45, 7) is 4.70. The molecular formula is C13H21ClN2O. The normalized spacial score (nSPS) is 12.5. The first kappa shape index (κ1) is 14.3. The summed E-state index contributed by atoms with van der Waals surface area (Å²) in [7, 11) is 1.62. The van der Waals surface area contributed by atoms with Crippen molar-refractivity contribution in [2.24, 2.45) is 11.7 Å². The molecule has 3 N–H and O–H groups in total. The van der Waals surface area contributed by atoms with E-state index in [-0.39, 0.29) is 0 Å². The quantitative estimate of drug-likeness (QED) is 0.737. The maximum Gasteiger partial charge on any atom is 0.137 e. The third-order valence-corrected chi connectivity index (χ3v) is 3.06. The molecule has 1 aromatic rings. The second kappa shape index (κ2) is 7.54. The van der Waals surface area contributed by atoms with Gasteiger partial charge in [-0.1, -0.05) is 24.6 Å². The second-order valence-electron chi connectivity index (χ2n) is 4.28. The Labute approximate surface area is 108 Å². The molecule has 0 aliphatic carbocycles. The van der Waals surface area contributed by atoms with Crippen molar-refractivity contribution in [2.75, 3.05) is 20.2 Å². The number of hydrogen-bond donors (Lipinski definition) is 2. The van der Waals surface area contributed by atoms with Crippen LogP contribution in [0, 0.1) is 5.92 Å². The number of methoxy groups -OCH3 is 1. The van der Waals surface area contributed by atoms with E-state index in [0.29, 0.717) is 16.7 Å². The highest BCUT2D eigenvalue weighted by atomic mass is 35.5. The predicted molar refractivity (Wildman–Crippen MR) is 72.5 cm³/mol. The molecule has 0 radical (unpaired) electrons. The van der Waals surface area contributed by atoms with Gasteiger partial charge in [0.05, 0.1) is 12.1 Å². The Hall–Kier alpha value is -0.770. The molecule has 0 aromatic heterocycles. The summed E-state index contributed by atoms with van der Waals surface area (Å²) in [5.41, 5.74) is 6.72. The van der Waals surface area contributed by atoms with Crippen molar-refractivity contribution in [1.82, 2.24) is 5.32 Å². The smallest absolute Gasteiger partial charge is 0.137 e. The van der Waals surface area contributed by atoms with Crippen molar-refractivity contribution in [3.05, 3.63) is 28.8 Å². The molecule has 1 aromatic carbocycles. The van der Waals surface area contributed by atoms with Crippen molar-refractivity contribution < 1.29 is 4.74 Å². The molecule has 0 fully saturated rings. The van der Waals surface area contributed by atoms with Crippen LogP contribution in [-0.4, -0.2) is 20.2 Å². The van der Waals surface area contributed by atoms with Crippen LogP contribution in [0.3, 0.4) is 0 Å². The molecule has 0 bridgehead atoms. The van der Waals surface area contributed by atoms with Crippen LogP contribution in [0.5, 0.6) is 5.75 Å². The van der Waals surface area contributed by atoms with Gasteiger partial charge >= 0.3 is 0 Å². The van der Waals surface area contributed by atoms with Gasteiger partial charge in [-0.25, -0.2) is 0 Å². The topological polar surface area (TPSA) is 47.3 Å². The van der Waals surface area contributed by atoms with Crippen molar-refractivity contribution in [3.63, 3.8) is 0 Å². The zero-order chi connectivity index (χ0) is 12.7. The molecule has 0 aliphatic rings. The fourth-order valence-corrected chi connectivity index (χ4v) is 1.80. The molecule has 1 unspecified atom stereocenters. The number of ether oxygens (including phenoxy) is 1. The number of benzene rings is 1. The number of rotatable bonds is 7. The Kier molecular flexibility index (Phi) is 6.34. The van der Waals surface area contributed by atoms with Crippen molar-refractivity contribution in [2.45, 2.75) is 19.9 Å². The van der Waals surface area contributed by atoms with Gasteiger partial charge in [-0.2, -0.15) is 0 Å². The Morgan fingerprint density at radius 3 is 2.82 bits per heavy atom. The molecule has 96 valence electrons. The van der Waals surface area contributed by atoms with E-state index in [1.54, 1.807) is 7.11 Å². The molecule has 3 nitrogen and oxygen atoms in total. The van der Waals surface area contributed by atoms with Gasteiger partial charge in [-0.15, -0.1) is 0 Å². The summed E-state index contributed by atoms with van der Waals surface area (Å²) in [6, 6.07) is 5.84. The van der Waals surface area contributed by atoms with Crippen LogP contribution in [0.15, 0.2) is 18.2 Å². The van der Waals surface area contributed by atoms with Crippen LogP contribution in [0.2, 0.25) is 5.02 Å². The van der Waals surface area contributed by atoms with Gasteiger partial charge in [0.2, 0.25) is 0 Å². The van der Waals surface area contributed by atoms with Crippen LogP contribution >= 0.6 is 11.6 Å². The summed E-state index contributed by atoms with van der Waals surface area (Å²) in [4.78, 5) is 0. The largest absolute Gasteiger partial charge is 0.495 e. The maximum absolute atomic E-state index is 6.05. The maximum atomic E-state index is 6.05. The van der Waals surface area contributed by atoms with E-state index in [1.165, 1.54) is 0 Å². The van der Waals surface area contributed by atoms with Gasteiger partial charge in [0.25, 0.3) is 0 Å². The summed E-state index contributed by atoms with van der Waals surface area (Å²) < 4.78 is 5.11. The van der Waals surface area contributed by atoms with E-state index in [4.69, 9.17) is 22.1 Å². The highest BCUT2D eigenvalue weighted by Gasteiger charge is 2.02. The second-order valence-corrected chi connectivity index (χ2v) is 4.68. The van der Waals surface area contributed by atoms with Gasteiger partial charge in [0, 0.05) is 6.54 Å². The summed E-state index contributed by atoms with van der Waals surface area (Å²) in [5.74, 6) is 1.29. The van der Waals surface area contributed by atoms with E-state index >= 15 is 0 Å². The Morgan fingerprint density at radius 1 is 1.47 bits per heavy atom. The van der Waals surface area contributed by atoms with Crippen molar-refractivity contribution in [1.29, 1.82) is 0 Å². The predicted octanol–water partition coefficient (Wildman–Crippen LogP) is 2.42. The minimum absolute atomic E-state index is 0.571. The first-order valence-electron chi connectivity index (χ1n) is 5.90. The standard InChI is InChI=1S/C13H21ClN2O/c1-10(8-15)5-6-16-9-11-3-4-13(17-2)12(14)7-11/h3-4,7,10,16H,5-6,8-9,15H2,1-2H3. The van der Waals surface area contributed by atoms with Gasteiger partial charge in [-0.05, 0) is 43.1 Å². The van der Waals surface area contributed by atoms with E-state index in [1.807, 2.05) is 18.2 Å². The van der Waals surface area contributed by atoms with Crippen molar-refractivity contribution >= 4 is 11.6 Å². The molecule has 0 saturated carbocycles. The number of hydrogen-bond acceptors (Lipinski definition) is 3. The third kappa shape index (κ3) is 4.94. The van der Waals surface area contributed by atoms with Crippen LogP contribution in [0.4, 0.5) is 0 Å². The minimum atomic E-state index is 0.571.